The fourth-order valence-corrected chi connectivity index (χ4v) is 2.93. The van der Waals surface area contributed by atoms with Crippen LogP contribution < -0.4 is 4.90 Å². The number of thioether (sulfide) groups is 1. The van der Waals surface area contributed by atoms with E-state index in [1.165, 1.54) is 9.80 Å². The summed E-state index contributed by atoms with van der Waals surface area (Å²) in [6.07, 6.45) is 3.20. The van der Waals surface area contributed by atoms with Gasteiger partial charge in [0.25, 0.3) is 0 Å². The third-order valence-corrected chi connectivity index (χ3v) is 4.00. The number of carboxylic acid groups (broad SMARTS) is 1. The number of urea groups is 1. The molecule has 1 aromatic rings. The van der Waals surface area contributed by atoms with Crippen LogP contribution in [0.5, 0.6) is 0 Å². The average molecular weight is 281 g/mol. The van der Waals surface area contributed by atoms with Crippen molar-refractivity contribution < 1.29 is 14.7 Å². The van der Waals surface area contributed by atoms with E-state index < -0.39 is 12.0 Å². The molecule has 1 aromatic heterocycles. The summed E-state index contributed by atoms with van der Waals surface area (Å²) in [5.74, 6) is 0.235. The zero-order valence-electron chi connectivity index (χ0n) is 10.5. The van der Waals surface area contributed by atoms with Crippen molar-refractivity contribution in [3.05, 3.63) is 24.5 Å². The van der Waals surface area contributed by atoms with Gasteiger partial charge in [-0.25, -0.2) is 9.59 Å². The lowest BCUT2D eigenvalue weighted by Crippen LogP contribution is -2.54. The van der Waals surface area contributed by atoms with Gasteiger partial charge in [0.2, 0.25) is 0 Å². The first-order chi connectivity index (χ1) is 9.11. The highest BCUT2D eigenvalue weighted by Gasteiger charge is 2.34. The largest absolute Gasteiger partial charge is 0.480 e. The van der Waals surface area contributed by atoms with E-state index in [0.29, 0.717) is 18.0 Å². The Bertz CT molecular complexity index is 469. The molecule has 0 saturated carbocycles. The van der Waals surface area contributed by atoms with Crippen molar-refractivity contribution in [2.24, 2.45) is 0 Å². The summed E-state index contributed by atoms with van der Waals surface area (Å²) in [5.41, 5.74) is 0.648. The van der Waals surface area contributed by atoms with Crippen LogP contribution in [0.1, 0.15) is 0 Å². The van der Waals surface area contributed by atoms with Gasteiger partial charge in [-0.2, -0.15) is 11.8 Å². The number of anilines is 1. The van der Waals surface area contributed by atoms with Crippen LogP contribution in [-0.4, -0.2) is 58.1 Å². The summed E-state index contributed by atoms with van der Waals surface area (Å²) in [7, 11) is 1.63. The Kier molecular flexibility index (Phi) is 4.26. The Balaban J connectivity index is 2.15. The molecule has 1 saturated heterocycles. The number of nitrogens with zero attached hydrogens (tertiary/aromatic N) is 3. The molecular weight excluding hydrogens is 266 g/mol. The number of carbonyl (C=O) groups excluding carboxylic acids is 1. The third-order valence-electron chi connectivity index (χ3n) is 2.98. The zero-order chi connectivity index (χ0) is 13.8. The third kappa shape index (κ3) is 2.98. The van der Waals surface area contributed by atoms with Gasteiger partial charge in [0.05, 0.1) is 11.9 Å². The predicted octanol–water partition coefficient (Wildman–Crippen LogP) is 1.14. The van der Waals surface area contributed by atoms with Gasteiger partial charge in [0.1, 0.15) is 6.04 Å². The van der Waals surface area contributed by atoms with E-state index in [0.717, 1.165) is 5.75 Å². The fourth-order valence-electron chi connectivity index (χ4n) is 1.89. The maximum absolute atomic E-state index is 12.4. The lowest BCUT2D eigenvalue weighted by molar-refractivity contribution is -0.141. The number of amides is 2. The molecule has 1 fully saturated rings. The van der Waals surface area contributed by atoms with Crippen LogP contribution >= 0.6 is 11.8 Å². The van der Waals surface area contributed by atoms with E-state index in [2.05, 4.69) is 4.98 Å². The van der Waals surface area contributed by atoms with Crippen molar-refractivity contribution in [1.82, 2.24) is 9.88 Å². The minimum absolute atomic E-state index is 0.305. The Hall–Kier alpha value is -1.76. The van der Waals surface area contributed by atoms with Crippen LogP contribution in [0, 0.1) is 0 Å². The zero-order valence-corrected chi connectivity index (χ0v) is 11.3. The maximum atomic E-state index is 12.4. The van der Waals surface area contributed by atoms with Crippen molar-refractivity contribution in [2.75, 3.05) is 30.0 Å². The van der Waals surface area contributed by atoms with Crippen LogP contribution in [-0.2, 0) is 4.79 Å². The second kappa shape index (κ2) is 5.92. The van der Waals surface area contributed by atoms with E-state index in [1.54, 1.807) is 43.3 Å². The molecule has 0 radical (unpaired) electrons. The Morgan fingerprint density at radius 1 is 1.58 bits per heavy atom. The smallest absolute Gasteiger partial charge is 0.327 e. The van der Waals surface area contributed by atoms with Crippen LogP contribution in [0.3, 0.4) is 0 Å². The summed E-state index contributed by atoms with van der Waals surface area (Å²) >= 11 is 1.55. The summed E-state index contributed by atoms with van der Waals surface area (Å²) in [6, 6.07) is 2.44. The van der Waals surface area contributed by atoms with Crippen molar-refractivity contribution in [1.29, 1.82) is 0 Å². The summed E-state index contributed by atoms with van der Waals surface area (Å²) < 4.78 is 0. The monoisotopic (exact) mass is 281 g/mol. The molecule has 1 N–H and O–H groups in total. The first kappa shape index (κ1) is 13.7. The van der Waals surface area contributed by atoms with Crippen molar-refractivity contribution in [3.63, 3.8) is 0 Å². The van der Waals surface area contributed by atoms with Crippen molar-refractivity contribution >= 4 is 29.4 Å². The molecule has 1 aliphatic heterocycles. The molecule has 0 aliphatic carbocycles. The van der Waals surface area contributed by atoms with Gasteiger partial charge in [-0.1, -0.05) is 0 Å². The average Bonchev–Trinajstić information content (AvgIpc) is 2.46. The molecule has 6 nitrogen and oxygen atoms in total. The van der Waals surface area contributed by atoms with E-state index in [1.807, 2.05) is 0 Å². The topological polar surface area (TPSA) is 73.7 Å². The van der Waals surface area contributed by atoms with Gasteiger partial charge in [-0.3, -0.25) is 9.88 Å². The number of aromatic nitrogens is 1. The molecule has 0 aromatic carbocycles. The first-order valence-corrected chi connectivity index (χ1v) is 7.01. The molecule has 2 rings (SSSR count). The molecule has 1 aliphatic rings. The van der Waals surface area contributed by atoms with Gasteiger partial charge in [0.15, 0.2) is 0 Å². The van der Waals surface area contributed by atoms with Crippen LogP contribution in [0.15, 0.2) is 24.5 Å². The lowest BCUT2D eigenvalue weighted by Gasteiger charge is -2.35. The van der Waals surface area contributed by atoms with Crippen molar-refractivity contribution in [2.45, 2.75) is 6.04 Å². The number of rotatable bonds is 2. The standard InChI is InChI=1S/C12H15N3O3S/c1-14(9-3-2-4-13-7-9)12(18)15-5-6-19-8-10(15)11(16)17/h2-4,7,10H,5-6,8H2,1H3,(H,16,17). The quantitative estimate of drug-likeness (QED) is 0.880. The highest BCUT2D eigenvalue weighted by atomic mass is 32.2. The Morgan fingerprint density at radius 3 is 3.00 bits per heavy atom. The summed E-state index contributed by atoms with van der Waals surface area (Å²) in [6.45, 7) is 0.449. The van der Waals surface area contributed by atoms with Gasteiger partial charge < -0.3 is 10.0 Å². The lowest BCUT2D eigenvalue weighted by atomic mass is 10.3. The number of hydrogen-bond donors (Lipinski definition) is 1. The van der Waals surface area contributed by atoms with Gasteiger partial charge >= 0.3 is 12.0 Å². The van der Waals surface area contributed by atoms with Gasteiger partial charge in [-0.15, -0.1) is 0 Å². The molecule has 102 valence electrons. The molecule has 1 atom stereocenters. The van der Waals surface area contributed by atoms with Crippen LogP contribution in [0.4, 0.5) is 10.5 Å². The molecule has 1 unspecified atom stereocenters. The van der Waals surface area contributed by atoms with Crippen LogP contribution in [0.2, 0.25) is 0 Å². The molecule has 2 amide bonds. The van der Waals surface area contributed by atoms with E-state index >= 15 is 0 Å². The van der Waals surface area contributed by atoms with Gasteiger partial charge in [-0.05, 0) is 12.1 Å². The number of carboxylic acids is 1. The number of carbonyl (C=O) groups is 2. The van der Waals surface area contributed by atoms with Gasteiger partial charge in [0, 0.05) is 31.3 Å². The van der Waals surface area contributed by atoms with E-state index in [-0.39, 0.29) is 6.03 Å². The second-order valence-electron chi connectivity index (χ2n) is 4.18. The second-order valence-corrected chi connectivity index (χ2v) is 5.32. The minimum atomic E-state index is -0.958. The first-order valence-electron chi connectivity index (χ1n) is 5.86. The molecule has 2 heterocycles. The number of hydrogen-bond acceptors (Lipinski definition) is 4. The highest BCUT2D eigenvalue weighted by Crippen LogP contribution is 2.20. The Labute approximate surface area is 115 Å². The molecule has 19 heavy (non-hydrogen) atoms. The summed E-state index contributed by atoms with van der Waals surface area (Å²) in [5, 5.41) is 9.17. The minimum Gasteiger partial charge on any atom is -0.480 e. The van der Waals surface area contributed by atoms with E-state index in [4.69, 9.17) is 0 Å². The normalized spacial score (nSPS) is 19.0. The number of pyridine rings is 1. The summed E-state index contributed by atoms with van der Waals surface area (Å²) in [4.78, 5) is 30.3. The SMILES string of the molecule is CN(C(=O)N1CCSCC1C(=O)O)c1cccnc1. The Morgan fingerprint density at radius 2 is 2.37 bits per heavy atom. The van der Waals surface area contributed by atoms with Crippen LogP contribution in [0.25, 0.3) is 0 Å². The molecule has 7 heteroatoms. The highest BCUT2D eigenvalue weighted by molar-refractivity contribution is 7.99. The number of aliphatic carboxylic acids is 1. The maximum Gasteiger partial charge on any atom is 0.327 e. The molecule has 0 bridgehead atoms. The van der Waals surface area contributed by atoms with Crippen molar-refractivity contribution in [3.8, 4) is 0 Å². The predicted molar refractivity (Wildman–Crippen MR) is 73.5 cm³/mol. The fraction of sp³-hybridized carbons (Fsp3) is 0.417. The molecular formula is C12H15N3O3S. The molecule has 0 spiro atoms. The van der Waals surface area contributed by atoms with E-state index in [9.17, 15) is 14.7 Å².